The van der Waals surface area contributed by atoms with Crippen LogP contribution in [0.4, 0.5) is 0 Å². The quantitative estimate of drug-likeness (QED) is 0.695. The summed E-state index contributed by atoms with van der Waals surface area (Å²) in [5.41, 5.74) is 0.138. The molecule has 3 fully saturated rings. The standard InChI is InChI=1S/C12H19BrO3/c13-9-10-1-2-11(16-10)3-5-12(6-4-11)14-7-8-15-12/h10H,1-9H2. The van der Waals surface area contributed by atoms with Crippen molar-refractivity contribution in [2.24, 2.45) is 0 Å². The molecule has 0 radical (unpaired) electrons. The van der Waals surface area contributed by atoms with Gasteiger partial charge in [-0.05, 0) is 25.7 Å². The SMILES string of the molecule is BrCC1CCC2(CCC3(CC2)OCCO3)O1. The number of hydrogen-bond acceptors (Lipinski definition) is 3. The monoisotopic (exact) mass is 290 g/mol. The third-order valence-corrected chi connectivity index (χ3v) is 4.97. The molecule has 1 unspecified atom stereocenters. The third kappa shape index (κ3) is 1.94. The maximum Gasteiger partial charge on any atom is 0.168 e. The van der Waals surface area contributed by atoms with Crippen LogP contribution in [0.2, 0.25) is 0 Å². The van der Waals surface area contributed by atoms with Crippen LogP contribution in [0.3, 0.4) is 0 Å². The van der Waals surface area contributed by atoms with Crippen molar-refractivity contribution in [2.75, 3.05) is 18.5 Å². The average Bonchev–Trinajstić information content (AvgIpc) is 2.91. The number of halogens is 1. The van der Waals surface area contributed by atoms with Crippen LogP contribution in [0, 0.1) is 0 Å². The second-order valence-electron chi connectivity index (χ2n) is 5.22. The van der Waals surface area contributed by atoms with Crippen molar-refractivity contribution in [3.63, 3.8) is 0 Å². The Hall–Kier alpha value is 0.360. The molecule has 2 spiro atoms. The Kier molecular flexibility index (Phi) is 3.03. The van der Waals surface area contributed by atoms with Crippen molar-refractivity contribution < 1.29 is 14.2 Å². The summed E-state index contributed by atoms with van der Waals surface area (Å²) in [6.07, 6.45) is 7.01. The van der Waals surface area contributed by atoms with Gasteiger partial charge in [-0.1, -0.05) is 15.9 Å². The van der Waals surface area contributed by atoms with Crippen LogP contribution in [-0.2, 0) is 14.2 Å². The first-order valence-electron chi connectivity index (χ1n) is 6.28. The average molecular weight is 291 g/mol. The van der Waals surface area contributed by atoms with Crippen molar-refractivity contribution in [3.8, 4) is 0 Å². The van der Waals surface area contributed by atoms with Gasteiger partial charge in [0, 0.05) is 18.2 Å². The molecule has 1 aliphatic carbocycles. The van der Waals surface area contributed by atoms with Crippen molar-refractivity contribution in [3.05, 3.63) is 0 Å². The molecule has 0 aromatic carbocycles. The lowest BCUT2D eigenvalue weighted by Crippen LogP contribution is -2.43. The lowest BCUT2D eigenvalue weighted by atomic mass is 9.79. The predicted molar refractivity (Wildman–Crippen MR) is 63.7 cm³/mol. The van der Waals surface area contributed by atoms with E-state index in [0.29, 0.717) is 6.10 Å². The molecule has 0 aromatic heterocycles. The zero-order valence-corrected chi connectivity index (χ0v) is 11.1. The normalized spacial score (nSPS) is 36.2. The van der Waals surface area contributed by atoms with E-state index in [1.165, 1.54) is 12.8 Å². The second kappa shape index (κ2) is 4.23. The van der Waals surface area contributed by atoms with Crippen LogP contribution in [0.5, 0.6) is 0 Å². The Morgan fingerprint density at radius 1 is 1.00 bits per heavy atom. The summed E-state index contributed by atoms with van der Waals surface area (Å²) in [7, 11) is 0. The van der Waals surface area contributed by atoms with E-state index in [4.69, 9.17) is 14.2 Å². The molecule has 2 saturated heterocycles. The Bertz CT molecular complexity index is 253. The summed E-state index contributed by atoms with van der Waals surface area (Å²) in [5, 5.41) is 0.965. The van der Waals surface area contributed by atoms with Gasteiger partial charge in [-0.2, -0.15) is 0 Å². The molecular weight excluding hydrogens is 272 g/mol. The Morgan fingerprint density at radius 3 is 2.25 bits per heavy atom. The van der Waals surface area contributed by atoms with Gasteiger partial charge in [0.05, 0.1) is 24.9 Å². The molecule has 0 aromatic rings. The molecule has 4 heteroatoms. The van der Waals surface area contributed by atoms with E-state index in [-0.39, 0.29) is 11.4 Å². The smallest absolute Gasteiger partial charge is 0.168 e. The fourth-order valence-corrected chi connectivity index (χ4v) is 3.70. The van der Waals surface area contributed by atoms with E-state index in [1.807, 2.05) is 0 Å². The summed E-state index contributed by atoms with van der Waals surface area (Å²) in [5.74, 6) is -0.249. The number of hydrogen-bond donors (Lipinski definition) is 0. The molecule has 3 nitrogen and oxygen atoms in total. The molecule has 0 amide bonds. The minimum Gasteiger partial charge on any atom is -0.371 e. The fraction of sp³-hybridized carbons (Fsp3) is 1.00. The second-order valence-corrected chi connectivity index (χ2v) is 5.87. The zero-order valence-electron chi connectivity index (χ0n) is 9.54. The molecule has 3 aliphatic rings. The number of rotatable bonds is 1. The first-order chi connectivity index (χ1) is 7.76. The minimum atomic E-state index is -0.249. The van der Waals surface area contributed by atoms with Gasteiger partial charge in [0.25, 0.3) is 0 Å². The van der Waals surface area contributed by atoms with Gasteiger partial charge in [0.2, 0.25) is 0 Å². The highest BCUT2D eigenvalue weighted by Gasteiger charge is 2.49. The molecule has 2 heterocycles. The minimum absolute atomic E-state index is 0.138. The summed E-state index contributed by atoms with van der Waals surface area (Å²) < 4.78 is 17.7. The summed E-state index contributed by atoms with van der Waals surface area (Å²) in [6, 6.07) is 0. The van der Waals surface area contributed by atoms with Crippen LogP contribution in [0.25, 0.3) is 0 Å². The van der Waals surface area contributed by atoms with Crippen LogP contribution in [0.15, 0.2) is 0 Å². The Morgan fingerprint density at radius 2 is 1.69 bits per heavy atom. The highest BCUT2D eigenvalue weighted by atomic mass is 79.9. The van der Waals surface area contributed by atoms with Crippen molar-refractivity contribution in [2.45, 2.75) is 56.0 Å². The molecule has 92 valence electrons. The van der Waals surface area contributed by atoms with E-state index in [2.05, 4.69) is 15.9 Å². The summed E-state index contributed by atoms with van der Waals surface area (Å²) in [6.45, 7) is 1.52. The lowest BCUT2D eigenvalue weighted by molar-refractivity contribution is -0.207. The first-order valence-corrected chi connectivity index (χ1v) is 7.40. The van der Waals surface area contributed by atoms with E-state index in [0.717, 1.165) is 44.2 Å². The Labute approximate surface area is 105 Å². The molecular formula is C12H19BrO3. The van der Waals surface area contributed by atoms with Crippen LogP contribution >= 0.6 is 15.9 Å². The summed E-state index contributed by atoms with van der Waals surface area (Å²) in [4.78, 5) is 0. The van der Waals surface area contributed by atoms with Gasteiger partial charge >= 0.3 is 0 Å². The highest BCUT2D eigenvalue weighted by Crippen LogP contribution is 2.47. The van der Waals surface area contributed by atoms with E-state index >= 15 is 0 Å². The van der Waals surface area contributed by atoms with Crippen molar-refractivity contribution >= 4 is 15.9 Å². The van der Waals surface area contributed by atoms with E-state index in [1.54, 1.807) is 0 Å². The maximum absolute atomic E-state index is 6.18. The van der Waals surface area contributed by atoms with Gasteiger partial charge in [0.1, 0.15) is 0 Å². The summed E-state index contributed by atoms with van der Waals surface area (Å²) >= 11 is 3.51. The van der Waals surface area contributed by atoms with Gasteiger partial charge in [-0.3, -0.25) is 0 Å². The van der Waals surface area contributed by atoms with E-state index in [9.17, 15) is 0 Å². The lowest BCUT2D eigenvalue weighted by Gasteiger charge is -2.41. The number of alkyl halides is 1. The first kappa shape index (κ1) is 11.5. The van der Waals surface area contributed by atoms with Gasteiger partial charge < -0.3 is 14.2 Å². The van der Waals surface area contributed by atoms with Crippen LogP contribution in [0.1, 0.15) is 38.5 Å². The molecule has 0 N–H and O–H groups in total. The number of ether oxygens (including phenoxy) is 3. The molecule has 1 atom stereocenters. The van der Waals surface area contributed by atoms with Crippen LogP contribution < -0.4 is 0 Å². The molecule has 2 aliphatic heterocycles. The highest BCUT2D eigenvalue weighted by molar-refractivity contribution is 9.09. The van der Waals surface area contributed by atoms with Gasteiger partial charge in [-0.25, -0.2) is 0 Å². The molecule has 1 saturated carbocycles. The van der Waals surface area contributed by atoms with Gasteiger partial charge in [0.15, 0.2) is 5.79 Å². The zero-order chi connectivity index (χ0) is 11.1. The van der Waals surface area contributed by atoms with Crippen LogP contribution in [-0.4, -0.2) is 36.0 Å². The van der Waals surface area contributed by atoms with Crippen molar-refractivity contribution in [1.29, 1.82) is 0 Å². The van der Waals surface area contributed by atoms with E-state index < -0.39 is 0 Å². The van der Waals surface area contributed by atoms with Crippen molar-refractivity contribution in [1.82, 2.24) is 0 Å². The molecule has 16 heavy (non-hydrogen) atoms. The Balaban J connectivity index is 1.62. The third-order valence-electron chi connectivity index (χ3n) is 4.25. The van der Waals surface area contributed by atoms with Gasteiger partial charge in [-0.15, -0.1) is 0 Å². The topological polar surface area (TPSA) is 27.7 Å². The fourth-order valence-electron chi connectivity index (χ4n) is 3.24. The molecule has 0 bridgehead atoms. The largest absolute Gasteiger partial charge is 0.371 e. The maximum atomic E-state index is 6.18. The molecule has 3 rings (SSSR count). The predicted octanol–water partition coefficient (Wildman–Crippen LogP) is 2.62.